The number of carbonyl (C=O) groups excluding carboxylic acids is 1. The summed E-state index contributed by atoms with van der Waals surface area (Å²) >= 11 is 0. The highest BCUT2D eigenvalue weighted by Gasteiger charge is 2.28. The lowest BCUT2D eigenvalue weighted by atomic mass is 10.1. The molecule has 0 spiro atoms. The third-order valence-corrected chi connectivity index (χ3v) is 5.49. The number of amides is 1. The molecule has 118 valence electrons. The first-order valence-electron chi connectivity index (χ1n) is 7.12. The minimum atomic E-state index is -3.73. The second-order valence-corrected chi connectivity index (χ2v) is 7.13. The molecule has 2 heterocycles. The molecule has 8 heteroatoms. The number of sulfonamides is 1. The Labute approximate surface area is 125 Å². The summed E-state index contributed by atoms with van der Waals surface area (Å²) in [5.41, 5.74) is 0.542. The van der Waals surface area contributed by atoms with E-state index in [1.807, 2.05) is 0 Å². The van der Waals surface area contributed by atoms with Gasteiger partial charge in [-0.3, -0.25) is 9.48 Å². The van der Waals surface area contributed by atoms with Crippen molar-refractivity contribution >= 4 is 15.9 Å². The normalized spacial score (nSPS) is 17.8. The van der Waals surface area contributed by atoms with Gasteiger partial charge < -0.3 is 4.90 Å². The van der Waals surface area contributed by atoms with Crippen LogP contribution in [0.3, 0.4) is 0 Å². The molecule has 1 saturated heterocycles. The quantitative estimate of drug-likeness (QED) is 0.872. The molecule has 1 N–H and O–H groups in total. The van der Waals surface area contributed by atoms with Crippen LogP contribution in [0.15, 0.2) is 11.1 Å². The third-order valence-electron chi connectivity index (χ3n) is 3.85. The van der Waals surface area contributed by atoms with Crippen LogP contribution in [0, 0.1) is 6.92 Å². The number of carbonyl (C=O) groups is 1. The maximum absolute atomic E-state index is 12.3. The lowest BCUT2D eigenvalue weighted by Crippen LogP contribution is -2.48. The molecular weight excluding hydrogens is 292 g/mol. The molecule has 0 radical (unpaired) electrons. The first kappa shape index (κ1) is 16.0. The maximum atomic E-state index is 12.3. The Hall–Kier alpha value is -1.41. The molecule has 0 saturated carbocycles. The largest absolute Gasteiger partial charge is 0.341 e. The van der Waals surface area contributed by atoms with Gasteiger partial charge in [-0.1, -0.05) is 0 Å². The van der Waals surface area contributed by atoms with Crippen molar-refractivity contribution < 1.29 is 13.2 Å². The molecule has 0 aromatic carbocycles. The SMILES string of the molecule is Cc1c(S(=O)(=O)NC(C)C(=O)N2CCCCC2)cnn1C. The van der Waals surface area contributed by atoms with Gasteiger partial charge in [0.1, 0.15) is 4.90 Å². The predicted octanol–water partition coefficient (Wildman–Crippen LogP) is 0.408. The van der Waals surface area contributed by atoms with Gasteiger partial charge in [0.05, 0.1) is 17.9 Å². The lowest BCUT2D eigenvalue weighted by Gasteiger charge is -2.29. The van der Waals surface area contributed by atoms with Crippen molar-refractivity contribution in [2.24, 2.45) is 7.05 Å². The van der Waals surface area contributed by atoms with Crippen LogP contribution in [0.5, 0.6) is 0 Å². The Kier molecular flexibility index (Phi) is 4.67. The van der Waals surface area contributed by atoms with E-state index >= 15 is 0 Å². The molecule has 1 atom stereocenters. The third kappa shape index (κ3) is 3.44. The van der Waals surface area contributed by atoms with Gasteiger partial charge in [-0.2, -0.15) is 9.82 Å². The van der Waals surface area contributed by atoms with E-state index in [0.717, 1.165) is 19.3 Å². The van der Waals surface area contributed by atoms with E-state index in [1.165, 1.54) is 10.9 Å². The minimum absolute atomic E-state index is 0.114. The molecule has 1 aliphatic rings. The summed E-state index contributed by atoms with van der Waals surface area (Å²) in [5, 5.41) is 3.93. The zero-order valence-corrected chi connectivity index (χ0v) is 13.5. The fourth-order valence-corrected chi connectivity index (χ4v) is 3.88. The summed E-state index contributed by atoms with van der Waals surface area (Å²) in [4.78, 5) is 14.1. The number of hydrogen-bond donors (Lipinski definition) is 1. The Morgan fingerprint density at radius 2 is 1.95 bits per heavy atom. The Balaban J connectivity index is 2.09. The smallest absolute Gasteiger partial charge is 0.244 e. The topological polar surface area (TPSA) is 84.3 Å². The Morgan fingerprint density at radius 3 is 2.48 bits per heavy atom. The highest BCUT2D eigenvalue weighted by molar-refractivity contribution is 7.89. The molecule has 0 aliphatic carbocycles. The van der Waals surface area contributed by atoms with E-state index < -0.39 is 16.1 Å². The lowest BCUT2D eigenvalue weighted by molar-refractivity contribution is -0.133. The van der Waals surface area contributed by atoms with E-state index in [0.29, 0.717) is 18.8 Å². The van der Waals surface area contributed by atoms with Crippen molar-refractivity contribution in [3.05, 3.63) is 11.9 Å². The summed E-state index contributed by atoms with van der Waals surface area (Å²) in [6.07, 6.45) is 4.38. The highest BCUT2D eigenvalue weighted by atomic mass is 32.2. The van der Waals surface area contributed by atoms with Crippen LogP contribution >= 0.6 is 0 Å². The molecular formula is C13H22N4O3S. The van der Waals surface area contributed by atoms with Crippen molar-refractivity contribution in [3.8, 4) is 0 Å². The van der Waals surface area contributed by atoms with Crippen LogP contribution < -0.4 is 4.72 Å². The number of aryl methyl sites for hydroxylation is 1. The molecule has 2 rings (SSSR count). The van der Waals surface area contributed by atoms with Crippen LogP contribution in [-0.4, -0.2) is 48.1 Å². The standard InChI is InChI=1S/C13H22N4O3S/c1-10(13(18)17-7-5-4-6-8-17)15-21(19,20)12-9-14-16(3)11(12)2/h9-10,15H,4-8H2,1-3H3. The van der Waals surface area contributed by atoms with Gasteiger partial charge in [0.25, 0.3) is 0 Å². The summed E-state index contributed by atoms with van der Waals surface area (Å²) in [7, 11) is -2.06. The van der Waals surface area contributed by atoms with Crippen LogP contribution in [-0.2, 0) is 21.9 Å². The van der Waals surface area contributed by atoms with Gasteiger partial charge in [0, 0.05) is 20.1 Å². The van der Waals surface area contributed by atoms with Crippen LogP contribution in [0.4, 0.5) is 0 Å². The number of nitrogens with one attached hydrogen (secondary N) is 1. The number of piperidine rings is 1. The second kappa shape index (κ2) is 6.15. The monoisotopic (exact) mass is 314 g/mol. The molecule has 7 nitrogen and oxygen atoms in total. The summed E-state index contributed by atoms with van der Waals surface area (Å²) < 4.78 is 28.6. The van der Waals surface area contributed by atoms with Gasteiger partial charge >= 0.3 is 0 Å². The average Bonchev–Trinajstić information content (AvgIpc) is 2.79. The van der Waals surface area contributed by atoms with Crippen molar-refractivity contribution in [1.29, 1.82) is 0 Å². The fraction of sp³-hybridized carbons (Fsp3) is 0.692. The average molecular weight is 314 g/mol. The van der Waals surface area contributed by atoms with Crippen LogP contribution in [0.1, 0.15) is 31.9 Å². The number of likely N-dealkylation sites (tertiary alicyclic amines) is 1. The summed E-state index contributed by atoms with van der Waals surface area (Å²) in [6.45, 7) is 4.67. The molecule has 0 bridgehead atoms. The van der Waals surface area contributed by atoms with Crippen LogP contribution in [0.25, 0.3) is 0 Å². The van der Waals surface area contributed by atoms with Gasteiger partial charge in [0.15, 0.2) is 0 Å². The molecule has 1 amide bonds. The van der Waals surface area contributed by atoms with Gasteiger partial charge in [-0.05, 0) is 33.1 Å². The molecule has 1 aliphatic heterocycles. The molecule has 1 unspecified atom stereocenters. The van der Waals surface area contributed by atoms with Crippen molar-refractivity contribution in [1.82, 2.24) is 19.4 Å². The summed E-state index contributed by atoms with van der Waals surface area (Å²) in [6, 6.07) is -0.771. The van der Waals surface area contributed by atoms with Gasteiger partial charge in [-0.25, -0.2) is 8.42 Å². The molecule has 21 heavy (non-hydrogen) atoms. The van der Waals surface area contributed by atoms with Crippen molar-refractivity contribution in [2.45, 2.75) is 44.0 Å². The zero-order chi connectivity index (χ0) is 15.6. The fourth-order valence-electron chi connectivity index (χ4n) is 2.48. The number of nitrogens with zero attached hydrogens (tertiary/aromatic N) is 3. The zero-order valence-electron chi connectivity index (χ0n) is 12.7. The molecule has 1 aromatic rings. The van der Waals surface area contributed by atoms with E-state index in [4.69, 9.17) is 0 Å². The predicted molar refractivity (Wildman–Crippen MR) is 78.2 cm³/mol. The first-order valence-corrected chi connectivity index (χ1v) is 8.61. The van der Waals surface area contributed by atoms with Crippen LogP contribution in [0.2, 0.25) is 0 Å². The van der Waals surface area contributed by atoms with Crippen molar-refractivity contribution in [2.75, 3.05) is 13.1 Å². The van der Waals surface area contributed by atoms with E-state index in [2.05, 4.69) is 9.82 Å². The number of rotatable bonds is 4. The molecule has 1 fully saturated rings. The maximum Gasteiger partial charge on any atom is 0.244 e. The second-order valence-electron chi connectivity index (χ2n) is 5.45. The van der Waals surface area contributed by atoms with Gasteiger partial charge in [-0.15, -0.1) is 0 Å². The van der Waals surface area contributed by atoms with E-state index in [1.54, 1.807) is 25.8 Å². The van der Waals surface area contributed by atoms with E-state index in [9.17, 15) is 13.2 Å². The molecule has 1 aromatic heterocycles. The number of aromatic nitrogens is 2. The highest BCUT2D eigenvalue weighted by Crippen LogP contribution is 2.15. The van der Waals surface area contributed by atoms with Crippen molar-refractivity contribution in [3.63, 3.8) is 0 Å². The van der Waals surface area contributed by atoms with E-state index in [-0.39, 0.29) is 10.8 Å². The Bertz CT molecular complexity index is 617. The summed E-state index contributed by atoms with van der Waals surface area (Å²) in [5.74, 6) is -0.167. The first-order chi connectivity index (χ1) is 9.83. The Morgan fingerprint density at radius 1 is 1.33 bits per heavy atom. The number of hydrogen-bond acceptors (Lipinski definition) is 4. The minimum Gasteiger partial charge on any atom is -0.341 e. The van der Waals surface area contributed by atoms with Gasteiger partial charge in [0.2, 0.25) is 15.9 Å².